The zero-order valence-electron chi connectivity index (χ0n) is 13.7. The minimum atomic E-state index is 0.0960. The van der Waals surface area contributed by atoms with Gasteiger partial charge in [-0.3, -0.25) is 0 Å². The van der Waals surface area contributed by atoms with Crippen molar-refractivity contribution in [1.82, 2.24) is 5.32 Å². The third-order valence-corrected chi connectivity index (χ3v) is 3.95. The highest BCUT2D eigenvalue weighted by Crippen LogP contribution is 2.15. The molecule has 2 N–H and O–H groups in total. The normalized spacial score (nSPS) is 12.2. The molecule has 0 spiro atoms. The van der Waals surface area contributed by atoms with Crippen molar-refractivity contribution in [2.75, 3.05) is 25.5 Å². The molecule has 0 bridgehead atoms. The smallest absolute Gasteiger partial charge is 0.0681 e. The number of nitrogens with one attached hydrogen (secondary N) is 1. The van der Waals surface area contributed by atoms with Crippen molar-refractivity contribution in [3.05, 3.63) is 65.2 Å². The largest absolute Gasteiger partial charge is 0.392 e. The second-order valence-electron chi connectivity index (χ2n) is 5.89. The van der Waals surface area contributed by atoms with Crippen LogP contribution in [0.25, 0.3) is 0 Å². The van der Waals surface area contributed by atoms with Gasteiger partial charge in [-0.25, -0.2) is 0 Å². The van der Waals surface area contributed by atoms with Crippen molar-refractivity contribution < 1.29 is 5.11 Å². The molecule has 0 amide bonds. The first-order valence-electron chi connectivity index (χ1n) is 7.79. The van der Waals surface area contributed by atoms with E-state index in [2.05, 4.69) is 67.6 Å². The Morgan fingerprint density at radius 3 is 2.41 bits per heavy atom. The lowest BCUT2D eigenvalue weighted by molar-refractivity contribution is 0.281. The molecular formula is C19H26N2O. The molecule has 3 heteroatoms. The summed E-state index contributed by atoms with van der Waals surface area (Å²) in [6.07, 6.45) is 1.01. The highest BCUT2D eigenvalue weighted by Gasteiger charge is 2.05. The van der Waals surface area contributed by atoms with Crippen molar-refractivity contribution in [3.8, 4) is 0 Å². The Hall–Kier alpha value is -1.84. The summed E-state index contributed by atoms with van der Waals surface area (Å²) < 4.78 is 0. The van der Waals surface area contributed by atoms with E-state index in [0.717, 1.165) is 18.5 Å². The summed E-state index contributed by atoms with van der Waals surface area (Å²) in [6.45, 7) is 3.19. The fraction of sp³-hybridized carbons (Fsp3) is 0.368. The third kappa shape index (κ3) is 4.58. The molecule has 2 aromatic carbocycles. The average molecular weight is 298 g/mol. The average Bonchev–Trinajstić information content (AvgIpc) is 2.55. The van der Waals surface area contributed by atoms with Crippen molar-refractivity contribution >= 4 is 5.69 Å². The van der Waals surface area contributed by atoms with Crippen LogP contribution in [0.15, 0.2) is 48.5 Å². The summed E-state index contributed by atoms with van der Waals surface area (Å²) in [7, 11) is 4.11. The molecule has 1 unspecified atom stereocenters. The van der Waals surface area contributed by atoms with Gasteiger partial charge in [-0.05, 0) is 48.7 Å². The number of nitrogens with zero attached hydrogens (tertiary/aromatic N) is 1. The quantitative estimate of drug-likeness (QED) is 0.824. The number of anilines is 1. The Kier molecular flexibility index (Phi) is 5.99. The van der Waals surface area contributed by atoms with Crippen molar-refractivity contribution in [1.29, 1.82) is 0 Å². The van der Waals surface area contributed by atoms with E-state index in [9.17, 15) is 5.11 Å². The van der Waals surface area contributed by atoms with Crippen LogP contribution in [-0.4, -0.2) is 25.7 Å². The van der Waals surface area contributed by atoms with Crippen LogP contribution in [0.1, 0.15) is 29.7 Å². The number of benzene rings is 2. The van der Waals surface area contributed by atoms with E-state index < -0.39 is 0 Å². The predicted molar refractivity (Wildman–Crippen MR) is 93.3 cm³/mol. The lowest BCUT2D eigenvalue weighted by atomic mass is 10.0. The molecule has 0 aliphatic carbocycles. The molecule has 0 aliphatic heterocycles. The van der Waals surface area contributed by atoms with Gasteiger partial charge in [0.25, 0.3) is 0 Å². The molecule has 0 saturated heterocycles. The summed E-state index contributed by atoms with van der Waals surface area (Å²) in [5, 5.41) is 12.8. The maximum absolute atomic E-state index is 9.21. The first kappa shape index (κ1) is 16.5. The summed E-state index contributed by atoms with van der Waals surface area (Å²) >= 11 is 0. The molecule has 3 nitrogen and oxygen atoms in total. The zero-order chi connectivity index (χ0) is 15.9. The SMILES string of the molecule is CC(NCCc1ccc(N(C)C)cc1)c1cccc(CO)c1. The monoisotopic (exact) mass is 298 g/mol. The molecule has 0 aliphatic rings. The number of hydrogen-bond donors (Lipinski definition) is 2. The third-order valence-electron chi connectivity index (χ3n) is 3.95. The molecule has 0 fully saturated rings. The van der Waals surface area contributed by atoms with Crippen LogP contribution in [0.3, 0.4) is 0 Å². The fourth-order valence-electron chi connectivity index (χ4n) is 2.47. The fourth-order valence-corrected chi connectivity index (χ4v) is 2.47. The number of hydrogen-bond acceptors (Lipinski definition) is 3. The van der Waals surface area contributed by atoms with E-state index in [4.69, 9.17) is 0 Å². The number of aliphatic hydroxyl groups excluding tert-OH is 1. The minimum Gasteiger partial charge on any atom is -0.392 e. The van der Waals surface area contributed by atoms with E-state index >= 15 is 0 Å². The van der Waals surface area contributed by atoms with Gasteiger partial charge in [0.15, 0.2) is 0 Å². The van der Waals surface area contributed by atoms with Crippen LogP contribution in [0.5, 0.6) is 0 Å². The van der Waals surface area contributed by atoms with E-state index in [0.29, 0.717) is 0 Å². The molecule has 0 aromatic heterocycles. The maximum atomic E-state index is 9.21. The topological polar surface area (TPSA) is 35.5 Å². The van der Waals surface area contributed by atoms with Gasteiger partial charge < -0.3 is 15.3 Å². The van der Waals surface area contributed by atoms with Gasteiger partial charge in [-0.1, -0.05) is 36.4 Å². The summed E-state index contributed by atoms with van der Waals surface area (Å²) in [5.41, 5.74) is 4.75. The van der Waals surface area contributed by atoms with Crippen LogP contribution in [0, 0.1) is 0 Å². The molecule has 2 rings (SSSR count). The van der Waals surface area contributed by atoms with Crippen LogP contribution >= 0.6 is 0 Å². The van der Waals surface area contributed by atoms with Crippen molar-refractivity contribution in [2.24, 2.45) is 0 Å². The maximum Gasteiger partial charge on any atom is 0.0681 e. The second kappa shape index (κ2) is 7.97. The van der Waals surface area contributed by atoms with Crippen molar-refractivity contribution in [3.63, 3.8) is 0 Å². The number of rotatable bonds is 7. The highest BCUT2D eigenvalue weighted by atomic mass is 16.3. The predicted octanol–water partition coefficient (Wildman–Crippen LogP) is 3.14. The summed E-state index contributed by atoms with van der Waals surface area (Å²) in [5.74, 6) is 0. The van der Waals surface area contributed by atoms with Gasteiger partial charge in [0.2, 0.25) is 0 Å². The van der Waals surface area contributed by atoms with Gasteiger partial charge in [0.1, 0.15) is 0 Å². The van der Waals surface area contributed by atoms with Gasteiger partial charge >= 0.3 is 0 Å². The molecule has 1 atom stereocenters. The van der Waals surface area contributed by atoms with Gasteiger partial charge in [-0.2, -0.15) is 0 Å². The molecule has 0 radical (unpaired) electrons. The van der Waals surface area contributed by atoms with Crippen LogP contribution in [-0.2, 0) is 13.0 Å². The first-order valence-corrected chi connectivity index (χ1v) is 7.79. The lowest BCUT2D eigenvalue weighted by Gasteiger charge is -2.16. The van der Waals surface area contributed by atoms with E-state index in [-0.39, 0.29) is 12.6 Å². The van der Waals surface area contributed by atoms with E-state index in [1.165, 1.54) is 16.8 Å². The minimum absolute atomic E-state index is 0.0960. The number of aliphatic hydroxyl groups is 1. The molecule has 0 saturated carbocycles. The van der Waals surface area contributed by atoms with Crippen LogP contribution < -0.4 is 10.2 Å². The zero-order valence-corrected chi connectivity index (χ0v) is 13.7. The second-order valence-corrected chi connectivity index (χ2v) is 5.89. The molecule has 2 aromatic rings. The molecule has 118 valence electrons. The first-order chi connectivity index (χ1) is 10.6. The van der Waals surface area contributed by atoms with Gasteiger partial charge in [0, 0.05) is 25.8 Å². The van der Waals surface area contributed by atoms with Crippen LogP contribution in [0.4, 0.5) is 5.69 Å². The molecule has 0 heterocycles. The van der Waals surface area contributed by atoms with Gasteiger partial charge in [0.05, 0.1) is 6.61 Å². The Morgan fingerprint density at radius 1 is 1.05 bits per heavy atom. The highest BCUT2D eigenvalue weighted by molar-refractivity contribution is 5.46. The van der Waals surface area contributed by atoms with E-state index in [1.807, 2.05) is 12.1 Å². The Morgan fingerprint density at radius 2 is 1.77 bits per heavy atom. The molecule has 22 heavy (non-hydrogen) atoms. The standard InChI is InChI=1S/C19H26N2O/c1-15(18-6-4-5-17(13-18)14-22)20-12-11-16-7-9-19(10-8-16)21(2)3/h4-10,13,15,20,22H,11-12,14H2,1-3H3. The van der Waals surface area contributed by atoms with Gasteiger partial charge in [-0.15, -0.1) is 0 Å². The van der Waals surface area contributed by atoms with Crippen LogP contribution in [0.2, 0.25) is 0 Å². The summed E-state index contributed by atoms with van der Waals surface area (Å²) in [6, 6.07) is 17.1. The van der Waals surface area contributed by atoms with E-state index in [1.54, 1.807) is 0 Å². The Bertz CT molecular complexity index is 578. The van der Waals surface area contributed by atoms with Crippen molar-refractivity contribution in [2.45, 2.75) is 26.0 Å². The lowest BCUT2D eigenvalue weighted by Crippen LogP contribution is -2.21. The summed E-state index contributed by atoms with van der Waals surface area (Å²) in [4.78, 5) is 2.11. The molecular weight excluding hydrogens is 272 g/mol. The Labute approximate surface area is 133 Å². The Balaban J connectivity index is 1.84.